The van der Waals surface area contributed by atoms with E-state index in [-0.39, 0.29) is 32.1 Å². The van der Waals surface area contributed by atoms with Gasteiger partial charge in [0.2, 0.25) is 0 Å². The average molecular weight is 857 g/mol. The molecule has 5 heteroatoms. The molecule has 2 aliphatic carbocycles. The summed E-state index contributed by atoms with van der Waals surface area (Å²) in [5.41, 5.74) is 17.8. The molecule has 2 aromatic heterocycles. The molecule has 0 saturated heterocycles. The zero-order chi connectivity index (χ0) is 36.9. The van der Waals surface area contributed by atoms with E-state index in [1.165, 1.54) is 66.8 Å². The number of benzene rings is 6. The molecule has 6 aromatic carbocycles. The van der Waals surface area contributed by atoms with Crippen molar-refractivity contribution >= 4 is 23.3 Å². The fourth-order valence-corrected chi connectivity index (χ4v) is 13.2. The smallest absolute Gasteiger partial charge is 1.00 e. The molecule has 0 N–H and O–H groups in total. The van der Waals surface area contributed by atoms with Crippen LogP contribution >= 0.6 is 0 Å². The molecule has 0 saturated carbocycles. The second-order valence-corrected chi connectivity index (χ2v) is 18.3. The van der Waals surface area contributed by atoms with Crippen molar-refractivity contribution in [2.24, 2.45) is 0 Å². The number of fused-ring (bicyclic) bond motifs is 2. The molecule has 0 fully saturated rings. The molecule has 2 unspecified atom stereocenters. The number of aryl methyl sites for hydroxylation is 2. The van der Waals surface area contributed by atoms with Crippen molar-refractivity contribution in [2.45, 2.75) is 21.1 Å². The summed E-state index contributed by atoms with van der Waals surface area (Å²) in [5.74, 6) is 3.71. The van der Waals surface area contributed by atoms with E-state index in [1.54, 1.807) is 0 Å². The van der Waals surface area contributed by atoms with Gasteiger partial charge >= 0.3 is 336 Å². The zero-order valence-electron chi connectivity index (χ0n) is 31.5. The van der Waals surface area contributed by atoms with E-state index in [4.69, 9.17) is 8.83 Å². The Morgan fingerprint density at radius 1 is 0.368 bits per heavy atom. The van der Waals surface area contributed by atoms with Gasteiger partial charge in [0.1, 0.15) is 0 Å². The molecule has 0 radical (unpaired) electrons. The van der Waals surface area contributed by atoms with E-state index in [2.05, 4.69) is 196 Å². The van der Waals surface area contributed by atoms with Crippen molar-refractivity contribution in [2.75, 3.05) is 0 Å². The van der Waals surface area contributed by atoms with Gasteiger partial charge in [-0.3, -0.25) is 0 Å². The maximum atomic E-state index is 6.79. The third kappa shape index (κ3) is 7.30. The molecule has 0 amide bonds. The number of rotatable bonds is 8. The normalized spacial score (nSPS) is 15.1. The van der Waals surface area contributed by atoms with Gasteiger partial charge in [-0.25, -0.2) is 0 Å². The van der Waals surface area contributed by atoms with Crippen LogP contribution in [0.25, 0.3) is 68.2 Å². The molecule has 0 bridgehead atoms. The summed E-state index contributed by atoms with van der Waals surface area (Å²) in [6.45, 7) is 4.30. The van der Waals surface area contributed by atoms with Crippen LogP contribution in [0.2, 0.25) is 0 Å². The second-order valence-electron chi connectivity index (χ2n) is 14.6. The van der Waals surface area contributed by atoms with Gasteiger partial charge in [0, 0.05) is 0 Å². The van der Waals surface area contributed by atoms with Crippen LogP contribution < -0.4 is 24.8 Å². The Bertz CT molecular complexity index is 2550. The van der Waals surface area contributed by atoms with E-state index in [0.717, 1.165) is 34.2 Å². The summed E-state index contributed by atoms with van der Waals surface area (Å²) in [5, 5.41) is 0. The number of allylic oxidation sites excluding steroid dienone is 2. The molecule has 276 valence electrons. The van der Waals surface area contributed by atoms with E-state index >= 15 is 0 Å². The summed E-state index contributed by atoms with van der Waals surface area (Å²) < 4.78 is 14.1. The van der Waals surface area contributed by atoms with Gasteiger partial charge in [-0.05, 0) is 0 Å². The molecule has 2 heterocycles. The number of hydrogen-bond donors (Lipinski definition) is 0. The monoisotopic (exact) mass is 854 g/mol. The standard InChI is InChI=1S/2C26H19O.2ClH.Zr/c2*1-18-10-12-19(13-11-18)23-9-5-8-21-16-22(17-24(21)23)26-15-14-25(27-26)20-6-3-2-4-7-20;;;/h2*2-17H,1H3;2*1H;/q;;;;+2/p-2. The van der Waals surface area contributed by atoms with Crippen LogP contribution in [-0.2, 0) is 23.2 Å². The number of hydrogen-bond acceptors (Lipinski definition) is 2. The zero-order valence-corrected chi connectivity index (χ0v) is 35.5. The van der Waals surface area contributed by atoms with Gasteiger partial charge in [-0.2, -0.15) is 0 Å². The minimum Gasteiger partial charge on any atom is -1.00 e. The molecule has 2 atom stereocenters. The van der Waals surface area contributed by atoms with Gasteiger partial charge in [-0.15, -0.1) is 0 Å². The Labute approximate surface area is 358 Å². The molecule has 10 rings (SSSR count). The van der Waals surface area contributed by atoms with Crippen LogP contribution in [-0.4, -0.2) is 0 Å². The van der Waals surface area contributed by atoms with E-state index < -0.39 is 23.2 Å². The Morgan fingerprint density at radius 3 is 1.16 bits per heavy atom. The van der Waals surface area contributed by atoms with Crippen LogP contribution in [0.15, 0.2) is 179 Å². The van der Waals surface area contributed by atoms with Crippen LogP contribution in [0.1, 0.15) is 52.2 Å². The van der Waals surface area contributed by atoms with Crippen molar-refractivity contribution in [1.82, 2.24) is 0 Å². The number of halogens is 2. The first-order chi connectivity index (χ1) is 27.1. The third-order valence-electron chi connectivity index (χ3n) is 11.1. The van der Waals surface area contributed by atoms with Crippen LogP contribution in [0, 0.1) is 13.8 Å². The minimum atomic E-state index is -1.42. The maximum Gasteiger partial charge on any atom is -1.00 e. The topological polar surface area (TPSA) is 26.3 Å². The Hall–Kier alpha value is -5.18. The molecule has 2 nitrogen and oxygen atoms in total. The summed E-state index contributed by atoms with van der Waals surface area (Å²) in [6, 6.07) is 61.2. The van der Waals surface area contributed by atoms with Crippen molar-refractivity contribution in [3.8, 4) is 44.9 Å². The van der Waals surface area contributed by atoms with E-state index in [0.29, 0.717) is 0 Å². The molecular weight excluding hydrogens is 819 g/mol. The Kier molecular flexibility index (Phi) is 11.1. The molecular formula is C52H38Cl2O2Zr. The van der Waals surface area contributed by atoms with Gasteiger partial charge in [0.25, 0.3) is 0 Å². The molecule has 8 aromatic rings. The van der Waals surface area contributed by atoms with Gasteiger partial charge in [0.15, 0.2) is 0 Å². The average Bonchev–Trinajstić information content (AvgIpc) is 4.05. The van der Waals surface area contributed by atoms with E-state index in [9.17, 15) is 0 Å². The summed E-state index contributed by atoms with van der Waals surface area (Å²) in [7, 11) is 0. The molecule has 0 aliphatic heterocycles. The van der Waals surface area contributed by atoms with Crippen molar-refractivity contribution < 1.29 is 56.9 Å². The SMILES string of the molecule is Cc1ccc(-c2cccc3c2C=C(c2ccc(-c4ccccc4)o2)[CH]3[Zr+2][CH]2C(c3ccc(-c4ccccc4)o3)=Cc3c(-c4ccc(C)cc4)cccc32)cc1.[Cl-].[Cl-]. The largest absolute Gasteiger partial charge is 1.00 e. The first-order valence-electron chi connectivity index (χ1n) is 19.0. The van der Waals surface area contributed by atoms with Crippen LogP contribution in [0.3, 0.4) is 0 Å². The Balaban J connectivity index is 0.00000228. The van der Waals surface area contributed by atoms with Gasteiger partial charge in [0.05, 0.1) is 0 Å². The second kappa shape index (κ2) is 16.4. The molecule has 0 spiro atoms. The van der Waals surface area contributed by atoms with Crippen molar-refractivity contribution in [3.05, 3.63) is 215 Å². The summed E-state index contributed by atoms with van der Waals surface area (Å²) >= 11 is -1.42. The first-order valence-corrected chi connectivity index (χ1v) is 21.8. The Morgan fingerprint density at radius 2 is 0.754 bits per heavy atom. The van der Waals surface area contributed by atoms with Gasteiger partial charge in [-0.1, -0.05) is 0 Å². The minimum absolute atomic E-state index is 0. The number of furan rings is 2. The van der Waals surface area contributed by atoms with E-state index in [1.807, 2.05) is 0 Å². The quantitative estimate of drug-likeness (QED) is 0.155. The first kappa shape index (κ1) is 38.7. The summed E-state index contributed by atoms with van der Waals surface area (Å²) in [6.07, 6.45) is 4.87. The third-order valence-corrected chi connectivity index (χ3v) is 15.8. The van der Waals surface area contributed by atoms with Crippen LogP contribution in [0.5, 0.6) is 0 Å². The molecule has 2 aliphatic rings. The fourth-order valence-electron chi connectivity index (χ4n) is 8.23. The fraction of sp³-hybridized carbons (Fsp3) is 0.0769. The van der Waals surface area contributed by atoms with Crippen molar-refractivity contribution in [3.63, 3.8) is 0 Å². The molecule has 57 heavy (non-hydrogen) atoms. The predicted octanol–water partition coefficient (Wildman–Crippen LogP) is 8.14. The van der Waals surface area contributed by atoms with Crippen LogP contribution in [0.4, 0.5) is 0 Å². The predicted molar refractivity (Wildman–Crippen MR) is 223 cm³/mol. The van der Waals surface area contributed by atoms with Crippen molar-refractivity contribution in [1.29, 1.82) is 0 Å². The summed E-state index contributed by atoms with van der Waals surface area (Å²) in [4.78, 5) is 0. The maximum absolute atomic E-state index is 6.79. The van der Waals surface area contributed by atoms with Gasteiger partial charge < -0.3 is 24.8 Å².